The molecule has 1 heterocycles. The summed E-state index contributed by atoms with van der Waals surface area (Å²) in [5, 5.41) is 2.14. The smallest absolute Gasteiger partial charge is 0.246 e. The van der Waals surface area contributed by atoms with Crippen LogP contribution in [0, 0.1) is 0 Å². The highest BCUT2D eigenvalue weighted by atomic mass is 35.5. The van der Waals surface area contributed by atoms with Crippen molar-refractivity contribution in [1.82, 2.24) is 0 Å². The van der Waals surface area contributed by atoms with E-state index >= 15 is 0 Å². The van der Waals surface area contributed by atoms with E-state index in [9.17, 15) is 0 Å². The van der Waals surface area contributed by atoms with Crippen LogP contribution in [0.25, 0.3) is 32.7 Å². The van der Waals surface area contributed by atoms with Gasteiger partial charge in [0.1, 0.15) is 0 Å². The molecule has 5 heteroatoms. The van der Waals surface area contributed by atoms with E-state index in [4.69, 9.17) is 11.5 Å². The Hall–Kier alpha value is -3.08. The molecule has 3 aromatic carbocycles. The molecule has 0 saturated carbocycles. The molecule has 0 aliphatic heterocycles. The van der Waals surface area contributed by atoms with Crippen LogP contribution in [-0.4, -0.2) is 14.1 Å². The quantitative estimate of drug-likeness (QED) is 0.383. The van der Waals surface area contributed by atoms with Crippen molar-refractivity contribution in [3.05, 3.63) is 84.2 Å². The predicted octanol–water partition coefficient (Wildman–Crippen LogP) is 3.26. The van der Waals surface area contributed by atoms with Gasteiger partial charge in [0, 0.05) is 48.4 Å². The fourth-order valence-electron chi connectivity index (χ4n) is 3.49. The first-order valence-electron chi connectivity index (χ1n) is 9.47. The Labute approximate surface area is 188 Å². The van der Waals surface area contributed by atoms with Crippen molar-refractivity contribution in [2.45, 2.75) is 0 Å². The lowest BCUT2D eigenvalue weighted by Crippen LogP contribution is -3.00. The molecule has 152 valence electrons. The van der Waals surface area contributed by atoms with Gasteiger partial charge in [-0.1, -0.05) is 30.3 Å². The summed E-state index contributed by atoms with van der Waals surface area (Å²) in [4.78, 5) is 3.28. The first-order valence-corrected chi connectivity index (χ1v) is 10.4. The van der Waals surface area contributed by atoms with Gasteiger partial charge in [0.05, 0.1) is 5.56 Å². The summed E-state index contributed by atoms with van der Waals surface area (Å²) in [6.07, 6.45) is 0. The maximum Gasteiger partial charge on any atom is 0.246 e. The predicted molar refractivity (Wildman–Crippen MR) is 128 cm³/mol. The summed E-state index contributed by atoms with van der Waals surface area (Å²) in [5.74, 6) is 0. The Bertz CT molecular complexity index is 1160. The van der Waals surface area contributed by atoms with E-state index in [2.05, 4.69) is 66.8 Å². The van der Waals surface area contributed by atoms with Crippen LogP contribution in [0.3, 0.4) is 0 Å². The molecule has 0 saturated heterocycles. The molecule has 4 aromatic rings. The lowest BCUT2D eigenvalue weighted by atomic mass is 9.93. The molecule has 1 aromatic heterocycles. The Balaban J connectivity index is 0.00000256. The second-order valence-electron chi connectivity index (χ2n) is 7.23. The van der Waals surface area contributed by atoms with E-state index in [1.165, 1.54) is 27.3 Å². The molecule has 4 N–H and O–H groups in total. The largest absolute Gasteiger partial charge is 1.00 e. The van der Waals surface area contributed by atoms with E-state index in [0.717, 1.165) is 22.5 Å². The zero-order valence-corrected chi connectivity index (χ0v) is 18.5. The fraction of sp³-hybridized carbons (Fsp3) is 0.0800. The third-order valence-corrected chi connectivity index (χ3v) is 5.88. The number of nitrogen functional groups attached to an aromatic ring is 2. The zero-order chi connectivity index (χ0) is 20.4. The van der Waals surface area contributed by atoms with Crippen LogP contribution in [0.5, 0.6) is 0 Å². The first kappa shape index (κ1) is 21.6. The third kappa shape index (κ3) is 4.40. The van der Waals surface area contributed by atoms with Gasteiger partial charge in [0.2, 0.25) is 16.2 Å². The lowest BCUT2D eigenvalue weighted by Gasteiger charge is -2.14. The molecule has 0 radical (unpaired) electrons. The molecule has 0 spiro atoms. The molecule has 0 aliphatic carbocycles. The summed E-state index contributed by atoms with van der Waals surface area (Å²) in [6.45, 7) is 0. The van der Waals surface area contributed by atoms with E-state index in [-0.39, 0.29) is 12.4 Å². The average Bonchev–Trinajstić information content (AvgIpc) is 2.73. The molecule has 0 bridgehead atoms. The number of anilines is 3. The average molecular weight is 434 g/mol. The van der Waals surface area contributed by atoms with E-state index in [0.29, 0.717) is 0 Å². The molecular formula is C25H24ClN3S. The molecule has 30 heavy (non-hydrogen) atoms. The van der Waals surface area contributed by atoms with Gasteiger partial charge >= 0.3 is 0 Å². The topological polar surface area (TPSA) is 55.3 Å². The minimum atomic E-state index is 0. The molecule has 4 rings (SSSR count). The monoisotopic (exact) mass is 433 g/mol. The highest BCUT2D eigenvalue weighted by Crippen LogP contribution is 2.43. The van der Waals surface area contributed by atoms with Crippen LogP contribution >= 0.6 is 11.3 Å². The summed E-state index contributed by atoms with van der Waals surface area (Å²) in [7, 11) is 4.10. The number of nitrogens with two attached hydrogens (primary N) is 2. The lowest BCUT2D eigenvalue weighted by molar-refractivity contribution is -0.00000568. The van der Waals surface area contributed by atoms with Crippen LogP contribution in [0.2, 0.25) is 0 Å². The van der Waals surface area contributed by atoms with Gasteiger partial charge in [-0.15, -0.1) is 0 Å². The van der Waals surface area contributed by atoms with Crippen LogP contribution < -0.4 is 28.8 Å². The highest BCUT2D eigenvalue weighted by molar-refractivity contribution is 7.13. The fourth-order valence-corrected chi connectivity index (χ4v) is 4.44. The molecule has 0 amide bonds. The number of rotatable bonds is 4. The minimum absolute atomic E-state index is 0. The van der Waals surface area contributed by atoms with Crippen molar-refractivity contribution in [3.8, 4) is 32.7 Å². The van der Waals surface area contributed by atoms with Crippen molar-refractivity contribution in [2.75, 3.05) is 30.5 Å². The standard InChI is InChI=1S/C25H24N3S.ClH/c1-28(2)22-11-9-17(10-12-22)23-13-14-29-25(19-6-4-8-21(27)16-19)24(23)18-5-3-7-20(26)15-18;/h3-16H,26-27H2,1-2H3;1H/q+1;/p-1. The SMILES string of the molecule is CN(C)c1ccc(-c2cc[s+]c(-c3cccc(N)c3)c2-c2cccc(N)c2)cc1.[Cl-]. The van der Waals surface area contributed by atoms with Gasteiger partial charge in [0.25, 0.3) is 0 Å². The molecule has 0 atom stereocenters. The van der Waals surface area contributed by atoms with Gasteiger partial charge in [-0.3, -0.25) is 0 Å². The minimum Gasteiger partial charge on any atom is -1.00 e. The third-order valence-electron chi connectivity index (χ3n) is 4.94. The van der Waals surface area contributed by atoms with Crippen LogP contribution in [0.4, 0.5) is 17.1 Å². The van der Waals surface area contributed by atoms with E-state index in [1.807, 2.05) is 36.4 Å². The molecule has 0 fully saturated rings. The number of hydrogen-bond acceptors (Lipinski definition) is 3. The summed E-state index contributed by atoms with van der Waals surface area (Å²) in [5.41, 5.74) is 20.6. The summed E-state index contributed by atoms with van der Waals surface area (Å²) >= 11 is 1.71. The Morgan fingerprint density at radius 3 is 1.90 bits per heavy atom. The molecule has 0 unspecified atom stereocenters. The second kappa shape index (κ2) is 9.16. The zero-order valence-electron chi connectivity index (χ0n) is 17.0. The van der Waals surface area contributed by atoms with E-state index in [1.54, 1.807) is 11.3 Å². The van der Waals surface area contributed by atoms with Crippen molar-refractivity contribution in [3.63, 3.8) is 0 Å². The molecular weight excluding hydrogens is 410 g/mol. The van der Waals surface area contributed by atoms with Gasteiger partial charge in [-0.2, -0.15) is 0 Å². The Kier molecular flexibility index (Phi) is 6.60. The number of halogens is 1. The van der Waals surface area contributed by atoms with Crippen molar-refractivity contribution in [1.29, 1.82) is 0 Å². The highest BCUT2D eigenvalue weighted by Gasteiger charge is 2.22. The Morgan fingerprint density at radius 1 is 0.700 bits per heavy atom. The second-order valence-corrected chi connectivity index (χ2v) is 8.15. The molecule has 0 aliphatic rings. The number of hydrogen-bond donors (Lipinski definition) is 2. The normalized spacial score (nSPS) is 10.3. The first-order chi connectivity index (χ1) is 14.0. The van der Waals surface area contributed by atoms with Gasteiger partial charge in [-0.25, -0.2) is 0 Å². The maximum absolute atomic E-state index is 6.13. The van der Waals surface area contributed by atoms with Gasteiger partial charge < -0.3 is 28.8 Å². The van der Waals surface area contributed by atoms with E-state index < -0.39 is 0 Å². The Morgan fingerprint density at radius 2 is 1.30 bits per heavy atom. The summed E-state index contributed by atoms with van der Waals surface area (Å²) in [6, 6.07) is 27.0. The number of benzene rings is 3. The van der Waals surface area contributed by atoms with Crippen LogP contribution in [0.1, 0.15) is 0 Å². The van der Waals surface area contributed by atoms with Crippen molar-refractivity contribution in [2.24, 2.45) is 0 Å². The van der Waals surface area contributed by atoms with Gasteiger partial charge in [0.15, 0.2) is 5.38 Å². The van der Waals surface area contributed by atoms with Gasteiger partial charge in [-0.05, 0) is 53.6 Å². The number of nitrogens with zero attached hydrogens (tertiary/aromatic N) is 1. The molecule has 3 nitrogen and oxygen atoms in total. The summed E-state index contributed by atoms with van der Waals surface area (Å²) < 4.78 is 0. The van der Waals surface area contributed by atoms with Crippen molar-refractivity contribution < 1.29 is 12.4 Å². The van der Waals surface area contributed by atoms with Crippen LogP contribution in [-0.2, 0) is 0 Å². The van der Waals surface area contributed by atoms with Crippen LogP contribution in [0.15, 0.2) is 84.2 Å². The maximum atomic E-state index is 6.13. The van der Waals surface area contributed by atoms with Crippen molar-refractivity contribution >= 4 is 28.4 Å².